The van der Waals surface area contributed by atoms with E-state index in [4.69, 9.17) is 4.74 Å². The molecule has 0 bridgehead atoms. The van der Waals surface area contributed by atoms with Gasteiger partial charge in [-0.15, -0.1) is 0 Å². The second-order valence-electron chi connectivity index (χ2n) is 5.17. The van der Waals surface area contributed by atoms with Gasteiger partial charge in [-0.1, -0.05) is 0 Å². The molecule has 1 rings (SSSR count). The van der Waals surface area contributed by atoms with E-state index in [0.29, 0.717) is 25.6 Å². The predicted molar refractivity (Wildman–Crippen MR) is 76.8 cm³/mol. The van der Waals surface area contributed by atoms with E-state index in [1.807, 2.05) is 7.05 Å². The van der Waals surface area contributed by atoms with Gasteiger partial charge in [0.1, 0.15) is 0 Å². The molecular weight excluding hydrogens is 266 g/mol. The van der Waals surface area contributed by atoms with Gasteiger partial charge in [-0.25, -0.2) is 13.1 Å². The zero-order chi connectivity index (χ0) is 14.1. The number of hydrogen-bond acceptors (Lipinski definition) is 5. The number of nitrogens with zero attached hydrogens (tertiary/aromatic N) is 1. The highest BCUT2D eigenvalue weighted by atomic mass is 32.2. The van der Waals surface area contributed by atoms with Crippen LogP contribution in [-0.4, -0.2) is 72.6 Å². The molecule has 1 heterocycles. The van der Waals surface area contributed by atoms with Crippen LogP contribution in [0, 0.1) is 5.92 Å². The molecule has 0 aliphatic carbocycles. The van der Waals surface area contributed by atoms with Crippen LogP contribution in [0.2, 0.25) is 0 Å². The summed E-state index contributed by atoms with van der Waals surface area (Å²) in [6.07, 6.45) is 1.91. The third-order valence-electron chi connectivity index (χ3n) is 3.41. The summed E-state index contributed by atoms with van der Waals surface area (Å²) in [6, 6.07) is 0. The molecule has 0 aromatic heterocycles. The fraction of sp³-hybridized carbons (Fsp3) is 1.00. The number of likely N-dealkylation sites (N-methyl/N-ethyl adjacent to an activating group) is 1. The molecular formula is C12H27N3O3S. The number of sulfonamides is 1. The van der Waals surface area contributed by atoms with Crippen molar-refractivity contribution in [3.63, 3.8) is 0 Å². The Labute approximate surface area is 116 Å². The van der Waals surface area contributed by atoms with Gasteiger partial charge in [0.25, 0.3) is 0 Å². The van der Waals surface area contributed by atoms with Gasteiger partial charge in [0.05, 0.1) is 12.4 Å². The summed E-state index contributed by atoms with van der Waals surface area (Å²) in [5.74, 6) is 0.557. The van der Waals surface area contributed by atoms with E-state index in [1.165, 1.54) is 0 Å². The van der Waals surface area contributed by atoms with Crippen LogP contribution in [0.3, 0.4) is 0 Å². The molecule has 0 atom stereocenters. The Morgan fingerprint density at radius 3 is 2.63 bits per heavy atom. The quantitative estimate of drug-likeness (QED) is 0.599. The summed E-state index contributed by atoms with van der Waals surface area (Å²) in [5, 5.41) is 3.24. The largest absolute Gasteiger partial charge is 0.383 e. The normalized spacial score (nSPS) is 18.1. The number of ether oxygens (including phenoxy) is 1. The first-order chi connectivity index (χ1) is 9.03. The van der Waals surface area contributed by atoms with Crippen LogP contribution in [-0.2, 0) is 14.8 Å². The van der Waals surface area contributed by atoms with E-state index in [-0.39, 0.29) is 5.75 Å². The molecule has 0 amide bonds. The highest BCUT2D eigenvalue weighted by Gasteiger charge is 2.20. The molecule has 0 saturated carbocycles. The summed E-state index contributed by atoms with van der Waals surface area (Å²) >= 11 is 0. The summed E-state index contributed by atoms with van der Waals surface area (Å²) in [4.78, 5) is 2.05. The Hall–Kier alpha value is -0.210. The van der Waals surface area contributed by atoms with Crippen LogP contribution in [0.1, 0.15) is 12.8 Å². The zero-order valence-electron chi connectivity index (χ0n) is 12.0. The number of hydrogen-bond donors (Lipinski definition) is 2. The molecule has 0 radical (unpaired) electrons. The number of nitrogens with one attached hydrogen (secondary N) is 2. The van der Waals surface area contributed by atoms with Crippen molar-refractivity contribution >= 4 is 10.0 Å². The Balaban J connectivity index is 2.19. The van der Waals surface area contributed by atoms with E-state index in [1.54, 1.807) is 7.11 Å². The standard InChI is InChI=1S/C12H27N3O3S/c1-15(9-10-18-2)8-7-14-19(16,17)11-12-3-5-13-6-4-12/h12-14H,3-11H2,1-2H3. The number of rotatable bonds is 9. The lowest BCUT2D eigenvalue weighted by molar-refractivity contribution is 0.162. The minimum Gasteiger partial charge on any atom is -0.383 e. The van der Waals surface area contributed by atoms with E-state index in [9.17, 15) is 8.42 Å². The first-order valence-corrected chi connectivity index (χ1v) is 8.54. The lowest BCUT2D eigenvalue weighted by Gasteiger charge is -2.22. The molecule has 2 N–H and O–H groups in total. The highest BCUT2D eigenvalue weighted by molar-refractivity contribution is 7.89. The van der Waals surface area contributed by atoms with Gasteiger partial charge in [0.15, 0.2) is 0 Å². The number of piperidine rings is 1. The van der Waals surface area contributed by atoms with Gasteiger partial charge in [0, 0.05) is 26.7 Å². The summed E-state index contributed by atoms with van der Waals surface area (Å²) < 4.78 is 31.5. The van der Waals surface area contributed by atoms with Gasteiger partial charge in [-0.2, -0.15) is 0 Å². The van der Waals surface area contributed by atoms with E-state index in [0.717, 1.165) is 32.5 Å². The van der Waals surface area contributed by atoms with Crippen LogP contribution >= 0.6 is 0 Å². The first kappa shape index (κ1) is 16.8. The maximum Gasteiger partial charge on any atom is 0.211 e. The van der Waals surface area contributed by atoms with Crippen LogP contribution in [0.25, 0.3) is 0 Å². The summed E-state index contributed by atoms with van der Waals surface area (Å²) in [7, 11) is 0.488. The van der Waals surface area contributed by atoms with E-state index in [2.05, 4.69) is 14.9 Å². The van der Waals surface area contributed by atoms with Crippen molar-refractivity contribution in [2.75, 3.05) is 59.2 Å². The van der Waals surface area contributed by atoms with Crippen molar-refractivity contribution in [2.45, 2.75) is 12.8 Å². The molecule has 1 aliphatic heterocycles. The second-order valence-corrected chi connectivity index (χ2v) is 7.02. The lowest BCUT2D eigenvalue weighted by atomic mass is 10.0. The maximum absolute atomic E-state index is 11.9. The van der Waals surface area contributed by atoms with Crippen LogP contribution in [0.15, 0.2) is 0 Å². The zero-order valence-corrected chi connectivity index (χ0v) is 12.8. The average Bonchev–Trinajstić information content (AvgIpc) is 2.36. The van der Waals surface area contributed by atoms with Gasteiger partial charge in [-0.05, 0) is 38.9 Å². The highest BCUT2D eigenvalue weighted by Crippen LogP contribution is 2.13. The Morgan fingerprint density at radius 1 is 1.32 bits per heavy atom. The third kappa shape index (κ3) is 7.84. The molecule has 1 aliphatic rings. The Bertz CT molecular complexity index is 329. The van der Waals surface area contributed by atoms with Crippen molar-refractivity contribution in [1.82, 2.24) is 14.9 Å². The van der Waals surface area contributed by atoms with Crippen molar-refractivity contribution in [3.05, 3.63) is 0 Å². The van der Waals surface area contributed by atoms with E-state index < -0.39 is 10.0 Å². The lowest BCUT2D eigenvalue weighted by Crippen LogP contribution is -2.38. The van der Waals surface area contributed by atoms with E-state index >= 15 is 0 Å². The predicted octanol–water partition coefficient (Wildman–Crippen LogP) is -0.516. The van der Waals surface area contributed by atoms with Crippen molar-refractivity contribution in [2.24, 2.45) is 5.92 Å². The molecule has 0 aromatic carbocycles. The molecule has 114 valence electrons. The molecule has 19 heavy (non-hydrogen) atoms. The van der Waals surface area contributed by atoms with Crippen molar-refractivity contribution < 1.29 is 13.2 Å². The second kappa shape index (κ2) is 8.86. The van der Waals surface area contributed by atoms with Gasteiger partial charge in [0.2, 0.25) is 10.0 Å². The molecule has 0 aromatic rings. The minimum absolute atomic E-state index is 0.260. The molecule has 1 saturated heterocycles. The molecule has 0 spiro atoms. The fourth-order valence-electron chi connectivity index (χ4n) is 2.17. The number of methoxy groups -OCH3 is 1. The summed E-state index contributed by atoms with van der Waals surface area (Å²) in [5.41, 5.74) is 0. The molecule has 6 nitrogen and oxygen atoms in total. The van der Waals surface area contributed by atoms with Gasteiger partial charge >= 0.3 is 0 Å². The Morgan fingerprint density at radius 2 is 2.00 bits per heavy atom. The molecule has 1 fully saturated rings. The maximum atomic E-state index is 11.9. The Kier molecular flexibility index (Phi) is 7.86. The SMILES string of the molecule is COCCN(C)CCNS(=O)(=O)CC1CCNCC1. The topological polar surface area (TPSA) is 70.7 Å². The summed E-state index contributed by atoms with van der Waals surface area (Å²) in [6.45, 7) is 4.51. The average molecular weight is 293 g/mol. The fourth-order valence-corrected chi connectivity index (χ4v) is 3.64. The third-order valence-corrected chi connectivity index (χ3v) is 4.96. The van der Waals surface area contributed by atoms with Crippen molar-refractivity contribution in [3.8, 4) is 0 Å². The van der Waals surface area contributed by atoms with Gasteiger partial charge in [-0.3, -0.25) is 0 Å². The minimum atomic E-state index is -3.13. The molecule has 0 unspecified atom stereocenters. The monoisotopic (exact) mass is 293 g/mol. The smallest absolute Gasteiger partial charge is 0.211 e. The first-order valence-electron chi connectivity index (χ1n) is 6.89. The van der Waals surface area contributed by atoms with Crippen LogP contribution in [0.4, 0.5) is 0 Å². The van der Waals surface area contributed by atoms with Crippen LogP contribution in [0.5, 0.6) is 0 Å². The van der Waals surface area contributed by atoms with Gasteiger partial charge < -0.3 is 15.0 Å². The molecule has 7 heteroatoms. The van der Waals surface area contributed by atoms with Crippen LogP contribution < -0.4 is 10.0 Å². The van der Waals surface area contributed by atoms with Crippen molar-refractivity contribution in [1.29, 1.82) is 0 Å².